The van der Waals surface area contributed by atoms with Gasteiger partial charge in [-0.3, -0.25) is 25.1 Å². The summed E-state index contributed by atoms with van der Waals surface area (Å²) in [5.74, 6) is -3.09. The van der Waals surface area contributed by atoms with E-state index < -0.39 is 23.4 Å². The molecule has 0 atom stereocenters. The number of aryl methyl sites for hydroxylation is 2. The van der Waals surface area contributed by atoms with E-state index in [1.807, 2.05) is 0 Å². The van der Waals surface area contributed by atoms with Crippen LogP contribution < -0.4 is 10.9 Å². The Hall–Kier alpha value is -2.77. The lowest BCUT2D eigenvalue weighted by Gasteiger charge is -2.08. The first-order valence-electron chi connectivity index (χ1n) is 6.41. The summed E-state index contributed by atoms with van der Waals surface area (Å²) in [5, 5.41) is 4.10. The zero-order chi connectivity index (χ0) is 16.3. The van der Waals surface area contributed by atoms with Gasteiger partial charge in [0.2, 0.25) is 0 Å². The Morgan fingerprint density at radius 2 is 1.73 bits per heavy atom. The van der Waals surface area contributed by atoms with E-state index in [-0.39, 0.29) is 12.1 Å². The first-order chi connectivity index (χ1) is 10.3. The van der Waals surface area contributed by atoms with E-state index in [2.05, 4.69) is 16.0 Å². The van der Waals surface area contributed by atoms with Gasteiger partial charge in [-0.1, -0.05) is 0 Å². The van der Waals surface area contributed by atoms with Crippen molar-refractivity contribution < 1.29 is 18.4 Å². The second kappa shape index (κ2) is 6.33. The molecular formula is C14H14F2N4O2. The van der Waals surface area contributed by atoms with E-state index in [9.17, 15) is 18.4 Å². The van der Waals surface area contributed by atoms with E-state index in [1.165, 1.54) is 4.68 Å². The monoisotopic (exact) mass is 308 g/mol. The molecule has 8 heteroatoms. The molecule has 6 nitrogen and oxygen atoms in total. The van der Waals surface area contributed by atoms with Crippen molar-refractivity contribution in [3.05, 3.63) is 52.9 Å². The van der Waals surface area contributed by atoms with E-state index in [1.54, 1.807) is 19.9 Å². The van der Waals surface area contributed by atoms with E-state index in [0.717, 1.165) is 23.5 Å². The van der Waals surface area contributed by atoms with Gasteiger partial charge < -0.3 is 0 Å². The molecule has 0 aliphatic heterocycles. The Labute approximate surface area is 125 Å². The van der Waals surface area contributed by atoms with Crippen molar-refractivity contribution in [3.8, 4) is 0 Å². The molecule has 2 aromatic rings. The van der Waals surface area contributed by atoms with E-state index in [0.29, 0.717) is 6.07 Å². The third-order valence-electron chi connectivity index (χ3n) is 2.84. The molecule has 1 aromatic carbocycles. The van der Waals surface area contributed by atoms with Crippen molar-refractivity contribution in [1.82, 2.24) is 20.6 Å². The lowest BCUT2D eigenvalue weighted by atomic mass is 10.2. The number of benzene rings is 1. The number of rotatable bonds is 3. The van der Waals surface area contributed by atoms with Crippen molar-refractivity contribution in [3.63, 3.8) is 0 Å². The molecule has 1 aromatic heterocycles. The minimum Gasteiger partial charge on any atom is -0.271 e. The van der Waals surface area contributed by atoms with Crippen LogP contribution in [0.25, 0.3) is 0 Å². The van der Waals surface area contributed by atoms with Crippen LogP contribution in [0.15, 0.2) is 24.3 Å². The minimum absolute atomic E-state index is 0.0858. The van der Waals surface area contributed by atoms with Crippen LogP contribution >= 0.6 is 0 Å². The van der Waals surface area contributed by atoms with Crippen molar-refractivity contribution in [2.75, 3.05) is 0 Å². The zero-order valence-corrected chi connectivity index (χ0v) is 12.0. The quantitative estimate of drug-likeness (QED) is 0.838. The molecule has 0 aliphatic carbocycles. The number of nitrogens with one attached hydrogen (secondary N) is 2. The predicted octanol–water partition coefficient (Wildman–Crippen LogP) is 1.24. The number of nitrogens with zero attached hydrogens (tertiary/aromatic N) is 2. The Bertz CT molecular complexity index is 707. The molecule has 2 amide bonds. The zero-order valence-electron chi connectivity index (χ0n) is 12.0. The van der Waals surface area contributed by atoms with Crippen LogP contribution in [0.1, 0.15) is 21.7 Å². The van der Waals surface area contributed by atoms with Gasteiger partial charge in [0.1, 0.15) is 18.2 Å². The molecule has 0 spiro atoms. The Kier molecular flexibility index (Phi) is 4.50. The highest BCUT2D eigenvalue weighted by Gasteiger charge is 2.11. The number of hydrazine groups is 1. The highest BCUT2D eigenvalue weighted by Crippen LogP contribution is 2.07. The SMILES string of the molecule is Cc1cc(C)n(CC(=O)NNC(=O)c2cc(F)cc(F)c2)n1. The molecular weight excluding hydrogens is 294 g/mol. The van der Waals surface area contributed by atoms with Gasteiger partial charge in [0.25, 0.3) is 11.8 Å². The molecule has 0 fully saturated rings. The van der Waals surface area contributed by atoms with Crippen LogP contribution in [0.5, 0.6) is 0 Å². The molecule has 22 heavy (non-hydrogen) atoms. The summed E-state index contributed by atoms with van der Waals surface area (Å²) in [5.41, 5.74) is 5.58. The normalized spacial score (nSPS) is 10.4. The fourth-order valence-corrected chi connectivity index (χ4v) is 1.89. The van der Waals surface area contributed by atoms with Crippen LogP contribution in [0.4, 0.5) is 8.78 Å². The average Bonchev–Trinajstić information content (AvgIpc) is 2.73. The third kappa shape index (κ3) is 3.87. The average molecular weight is 308 g/mol. The minimum atomic E-state index is -0.876. The first-order valence-corrected chi connectivity index (χ1v) is 6.41. The molecule has 116 valence electrons. The highest BCUT2D eigenvalue weighted by molar-refractivity contribution is 5.95. The maximum absolute atomic E-state index is 13.0. The molecule has 2 rings (SSSR count). The van der Waals surface area contributed by atoms with Crippen LogP contribution in [0, 0.1) is 25.5 Å². The molecule has 1 heterocycles. The summed E-state index contributed by atoms with van der Waals surface area (Å²) >= 11 is 0. The fraction of sp³-hybridized carbons (Fsp3) is 0.214. The number of amides is 2. The first kappa shape index (κ1) is 15.6. The number of hydrogen-bond acceptors (Lipinski definition) is 3. The van der Waals surface area contributed by atoms with Gasteiger partial charge in [0.15, 0.2) is 0 Å². The number of aromatic nitrogens is 2. The van der Waals surface area contributed by atoms with E-state index >= 15 is 0 Å². The maximum atomic E-state index is 13.0. The molecule has 0 radical (unpaired) electrons. The molecule has 2 N–H and O–H groups in total. The summed E-state index contributed by atoms with van der Waals surface area (Å²) in [6, 6.07) is 4.19. The Balaban J connectivity index is 1.93. The standard InChI is InChI=1S/C14H14F2N4O2/c1-8-3-9(2)20(19-8)7-13(21)17-18-14(22)10-4-11(15)6-12(16)5-10/h3-6H,7H2,1-2H3,(H,17,21)(H,18,22). The summed E-state index contributed by atoms with van der Waals surface area (Å²) in [6.07, 6.45) is 0. The van der Waals surface area contributed by atoms with Crippen molar-refractivity contribution >= 4 is 11.8 Å². The molecule has 0 aliphatic rings. The van der Waals surface area contributed by atoms with Crippen molar-refractivity contribution in [1.29, 1.82) is 0 Å². The van der Waals surface area contributed by atoms with Gasteiger partial charge in [-0.15, -0.1) is 0 Å². The van der Waals surface area contributed by atoms with Gasteiger partial charge in [-0.2, -0.15) is 5.10 Å². The summed E-state index contributed by atoms with van der Waals surface area (Å²) in [4.78, 5) is 23.4. The fourth-order valence-electron chi connectivity index (χ4n) is 1.89. The molecule has 0 bridgehead atoms. The largest absolute Gasteiger partial charge is 0.271 e. The lowest BCUT2D eigenvalue weighted by molar-refractivity contribution is -0.122. The molecule has 0 unspecified atom stereocenters. The number of halogens is 2. The van der Waals surface area contributed by atoms with Crippen LogP contribution in [0.2, 0.25) is 0 Å². The van der Waals surface area contributed by atoms with Gasteiger partial charge >= 0.3 is 0 Å². The van der Waals surface area contributed by atoms with Gasteiger partial charge in [0.05, 0.1) is 5.69 Å². The van der Waals surface area contributed by atoms with Crippen molar-refractivity contribution in [2.24, 2.45) is 0 Å². The number of carbonyl (C=O) groups is 2. The van der Waals surface area contributed by atoms with Gasteiger partial charge in [-0.25, -0.2) is 8.78 Å². The van der Waals surface area contributed by atoms with Crippen molar-refractivity contribution in [2.45, 2.75) is 20.4 Å². The second-order valence-electron chi connectivity index (χ2n) is 4.75. The second-order valence-corrected chi connectivity index (χ2v) is 4.75. The lowest BCUT2D eigenvalue weighted by Crippen LogP contribution is -2.43. The summed E-state index contributed by atoms with van der Waals surface area (Å²) in [6.45, 7) is 3.50. The Morgan fingerprint density at radius 1 is 1.09 bits per heavy atom. The summed E-state index contributed by atoms with van der Waals surface area (Å²) < 4.78 is 27.5. The van der Waals surface area contributed by atoms with Crippen LogP contribution in [-0.2, 0) is 11.3 Å². The van der Waals surface area contributed by atoms with Gasteiger partial charge in [-0.05, 0) is 32.0 Å². The van der Waals surface area contributed by atoms with E-state index in [4.69, 9.17) is 0 Å². The predicted molar refractivity (Wildman–Crippen MR) is 73.7 cm³/mol. The summed E-state index contributed by atoms with van der Waals surface area (Å²) in [7, 11) is 0. The van der Waals surface area contributed by atoms with Crippen LogP contribution in [-0.4, -0.2) is 21.6 Å². The third-order valence-corrected chi connectivity index (χ3v) is 2.84. The van der Waals surface area contributed by atoms with Crippen LogP contribution in [0.3, 0.4) is 0 Å². The van der Waals surface area contributed by atoms with Gasteiger partial charge in [0, 0.05) is 17.3 Å². The highest BCUT2D eigenvalue weighted by atomic mass is 19.1. The molecule has 0 saturated carbocycles. The number of carbonyl (C=O) groups excluding carboxylic acids is 2. The maximum Gasteiger partial charge on any atom is 0.269 e. The molecule has 0 saturated heterocycles. The number of hydrogen-bond donors (Lipinski definition) is 2. The Morgan fingerprint density at radius 3 is 2.27 bits per heavy atom. The topological polar surface area (TPSA) is 76.0 Å². The smallest absolute Gasteiger partial charge is 0.269 e.